The van der Waals surface area contributed by atoms with Crippen LogP contribution in [0.3, 0.4) is 0 Å². The van der Waals surface area contributed by atoms with Gasteiger partial charge in [0.15, 0.2) is 22.8 Å². The molecule has 3 aliphatic carbocycles. The van der Waals surface area contributed by atoms with Crippen LogP contribution >= 0.6 is 0 Å². The lowest BCUT2D eigenvalue weighted by atomic mass is 9.51. The van der Waals surface area contributed by atoms with E-state index in [-0.39, 0.29) is 40.4 Å². The lowest BCUT2D eigenvalue weighted by Crippen LogP contribution is -2.72. The van der Waals surface area contributed by atoms with E-state index >= 15 is 0 Å². The van der Waals surface area contributed by atoms with Crippen molar-refractivity contribution in [3.63, 3.8) is 0 Å². The molecule has 4 bridgehead atoms. The molecular formula is C42H49NO11. The van der Waals surface area contributed by atoms with Gasteiger partial charge in [-0.25, -0.2) is 4.79 Å². The average molecular weight is 744 g/mol. The molecular weight excluding hydrogens is 694 g/mol. The molecule has 3 aliphatic heterocycles. The van der Waals surface area contributed by atoms with E-state index in [4.69, 9.17) is 19.3 Å². The molecule has 54 heavy (non-hydrogen) atoms. The zero-order valence-electron chi connectivity index (χ0n) is 32.0. The Hall–Kier alpha value is -4.97. The fourth-order valence-corrected chi connectivity index (χ4v) is 8.82. The van der Waals surface area contributed by atoms with Crippen LogP contribution < -0.4 is 14.8 Å². The average Bonchev–Trinajstić information content (AvgIpc) is 3.22. The third-order valence-electron chi connectivity index (χ3n) is 11.5. The largest absolute Gasteiger partial charge is 0.506 e. The summed E-state index contributed by atoms with van der Waals surface area (Å²) >= 11 is 0. The van der Waals surface area contributed by atoms with E-state index in [1.807, 2.05) is 60.6 Å². The van der Waals surface area contributed by atoms with Crippen molar-refractivity contribution in [1.29, 1.82) is 0 Å². The summed E-state index contributed by atoms with van der Waals surface area (Å²) in [6, 6.07) is -1.68. The number of Topliss-reactive ketones (excluding diaryl/α,β-unsaturated/α-hetero) is 2. The number of allylic oxidation sites excluding steroid dienone is 5. The van der Waals surface area contributed by atoms with Gasteiger partial charge in [-0.1, -0.05) is 35.5 Å². The maximum absolute atomic E-state index is 14.9. The summed E-state index contributed by atoms with van der Waals surface area (Å²) in [6.07, 6.45) is 11.9. The molecule has 288 valence electrons. The molecule has 6 unspecified atom stereocenters. The number of phenols is 1. The first kappa shape index (κ1) is 38.7. The maximum atomic E-state index is 14.9. The minimum absolute atomic E-state index is 0.0132. The number of ether oxygens (including phenoxy) is 3. The third-order valence-corrected chi connectivity index (χ3v) is 11.5. The summed E-state index contributed by atoms with van der Waals surface area (Å²) in [5, 5.41) is 32.8. The number of benzene rings is 1. The Balaban J connectivity index is 1.50. The van der Waals surface area contributed by atoms with E-state index in [2.05, 4.69) is 11.4 Å². The highest BCUT2D eigenvalue weighted by atomic mass is 16.6. The summed E-state index contributed by atoms with van der Waals surface area (Å²) in [6.45, 7) is 15.0. The molecule has 1 saturated heterocycles. The van der Waals surface area contributed by atoms with Crippen LogP contribution in [0.15, 0.2) is 52.7 Å². The molecule has 4 N–H and O–H groups in total. The molecule has 1 spiro atoms. The van der Waals surface area contributed by atoms with Crippen molar-refractivity contribution in [2.75, 3.05) is 0 Å². The number of amides is 1. The van der Waals surface area contributed by atoms with Gasteiger partial charge in [-0.3, -0.25) is 19.2 Å². The van der Waals surface area contributed by atoms with E-state index < -0.39 is 70.3 Å². The first-order valence-electron chi connectivity index (χ1n) is 18.4. The number of carboxylic acid groups (broad SMARTS) is 2. The molecule has 0 radical (unpaired) electrons. The van der Waals surface area contributed by atoms with Crippen LogP contribution in [0.2, 0.25) is 0 Å². The highest BCUT2D eigenvalue weighted by Gasteiger charge is 2.81. The minimum atomic E-state index is -1.78. The number of aliphatic carboxylic acids is 2. The van der Waals surface area contributed by atoms with Gasteiger partial charge in [0.05, 0.1) is 17.6 Å². The summed E-state index contributed by atoms with van der Waals surface area (Å²) in [4.78, 5) is 65.6. The SMILES string of the molecule is CC(C)=CCCC1(C)C=Cc2c(O)c3c(c(CC=C(C)C)c2O1)OC12C(=CC4CC1C(C)(C)OC2(C/C=C(/C)C(=O)NC(CC(=O)O)C(=O)O)C4=O)C3=O. The molecule has 2 fully saturated rings. The molecule has 12 nitrogen and oxygen atoms in total. The van der Waals surface area contributed by atoms with Crippen LogP contribution in [0.5, 0.6) is 17.2 Å². The Bertz CT molecular complexity index is 2020. The van der Waals surface area contributed by atoms with Crippen LogP contribution in [-0.4, -0.2) is 73.2 Å². The predicted molar refractivity (Wildman–Crippen MR) is 198 cm³/mol. The lowest BCUT2D eigenvalue weighted by Gasteiger charge is -2.56. The Labute approximate surface area is 314 Å². The van der Waals surface area contributed by atoms with Gasteiger partial charge in [-0.15, -0.1) is 0 Å². The summed E-state index contributed by atoms with van der Waals surface area (Å²) in [7, 11) is 0. The van der Waals surface area contributed by atoms with Gasteiger partial charge < -0.3 is 34.8 Å². The Morgan fingerprint density at radius 3 is 2.30 bits per heavy atom. The van der Waals surface area contributed by atoms with Gasteiger partial charge in [0.2, 0.25) is 5.91 Å². The fourth-order valence-electron chi connectivity index (χ4n) is 8.82. The number of aromatic hydroxyl groups is 1. The van der Waals surface area contributed by atoms with E-state index in [9.17, 15) is 34.2 Å². The Morgan fingerprint density at radius 2 is 1.67 bits per heavy atom. The van der Waals surface area contributed by atoms with Crippen molar-refractivity contribution in [3.8, 4) is 17.2 Å². The molecule has 12 heteroatoms. The number of hydrogen-bond acceptors (Lipinski definition) is 9. The van der Waals surface area contributed by atoms with Crippen molar-refractivity contribution in [2.24, 2.45) is 11.8 Å². The smallest absolute Gasteiger partial charge is 0.326 e. The maximum Gasteiger partial charge on any atom is 0.326 e. The van der Waals surface area contributed by atoms with E-state index in [0.29, 0.717) is 36.1 Å². The zero-order valence-corrected chi connectivity index (χ0v) is 32.0. The van der Waals surface area contributed by atoms with Crippen LogP contribution in [0.4, 0.5) is 0 Å². The quantitative estimate of drug-likeness (QED) is 0.141. The number of nitrogens with one attached hydrogen (secondary N) is 1. The number of fused-ring (bicyclic) bond motifs is 2. The second-order valence-corrected chi connectivity index (χ2v) is 16.4. The molecule has 1 amide bonds. The van der Waals surface area contributed by atoms with Gasteiger partial charge in [-0.2, -0.15) is 0 Å². The van der Waals surface area contributed by atoms with Crippen molar-refractivity contribution >= 4 is 35.5 Å². The number of phenolic OH excluding ortho intramolecular Hbond substituents is 1. The first-order valence-corrected chi connectivity index (χ1v) is 18.4. The summed E-state index contributed by atoms with van der Waals surface area (Å²) in [5.74, 6) is -5.51. The van der Waals surface area contributed by atoms with Gasteiger partial charge in [0.25, 0.3) is 0 Å². The number of hydrogen-bond donors (Lipinski definition) is 4. The number of carbonyl (C=O) groups is 5. The number of carboxylic acids is 2. The molecule has 1 aromatic rings. The van der Waals surface area contributed by atoms with Gasteiger partial charge in [0.1, 0.15) is 34.5 Å². The molecule has 1 aromatic carbocycles. The highest BCUT2D eigenvalue weighted by molar-refractivity contribution is 6.19. The second kappa shape index (κ2) is 13.4. The molecule has 6 aliphatic rings. The number of carbonyl (C=O) groups excluding carboxylic acids is 3. The highest BCUT2D eigenvalue weighted by Crippen LogP contribution is 2.68. The summed E-state index contributed by atoms with van der Waals surface area (Å²) < 4.78 is 20.7. The van der Waals surface area contributed by atoms with Crippen LogP contribution in [0.1, 0.15) is 109 Å². The number of rotatable bonds is 12. The molecule has 3 heterocycles. The topological polar surface area (TPSA) is 186 Å². The van der Waals surface area contributed by atoms with E-state index in [0.717, 1.165) is 12.0 Å². The normalized spacial score (nSPS) is 28.7. The molecule has 6 atom stereocenters. The van der Waals surface area contributed by atoms with Crippen LogP contribution in [0, 0.1) is 11.8 Å². The van der Waals surface area contributed by atoms with Crippen molar-refractivity contribution in [2.45, 2.75) is 122 Å². The van der Waals surface area contributed by atoms with Crippen LogP contribution in [-0.2, 0) is 30.3 Å². The predicted octanol–water partition coefficient (Wildman–Crippen LogP) is 6.20. The molecule has 7 rings (SSSR count). The van der Waals surface area contributed by atoms with Crippen molar-refractivity contribution < 1.29 is 53.5 Å². The zero-order chi connectivity index (χ0) is 39.7. The number of ketones is 2. The minimum Gasteiger partial charge on any atom is -0.506 e. The fraction of sp³-hybridized carbons (Fsp3) is 0.500. The monoisotopic (exact) mass is 743 g/mol. The van der Waals surface area contributed by atoms with Gasteiger partial charge in [0, 0.05) is 35.0 Å². The molecule has 0 aromatic heterocycles. The summed E-state index contributed by atoms with van der Waals surface area (Å²) in [5.41, 5.74) is -1.82. The standard InChI is InChI=1S/C42H49NO11/c1-21(2)10-9-15-40(8)16-14-25-32(46)31-33(47)27-18-24-19-29-39(6,7)54-41(36(24)48,17-13-23(5)37(49)43-28(38(50)51)20-30(44)45)42(27,29)53-35(31)26(34(25)52-40)12-11-22(3)4/h10-11,13-14,16,18,24,28-29,46H,9,12,15,17,19-20H2,1-8H3,(H,43,49)(H,44,45)(H,50,51)/b23-13-. The third kappa shape index (κ3) is 6.08. The van der Waals surface area contributed by atoms with E-state index in [1.54, 1.807) is 12.2 Å². The lowest BCUT2D eigenvalue weighted by molar-refractivity contribution is -0.171. The van der Waals surface area contributed by atoms with Gasteiger partial charge >= 0.3 is 11.9 Å². The first-order chi connectivity index (χ1) is 25.2. The van der Waals surface area contributed by atoms with Crippen molar-refractivity contribution in [3.05, 3.63) is 69.4 Å². The van der Waals surface area contributed by atoms with Crippen LogP contribution in [0.25, 0.3) is 6.08 Å². The van der Waals surface area contributed by atoms with Gasteiger partial charge in [-0.05, 0) is 93.2 Å². The Morgan fingerprint density at radius 1 is 0.981 bits per heavy atom. The Kier molecular flexibility index (Phi) is 9.62. The molecule has 1 saturated carbocycles. The van der Waals surface area contributed by atoms with E-state index in [1.165, 1.54) is 18.6 Å². The second-order valence-electron chi connectivity index (χ2n) is 16.4. The van der Waals surface area contributed by atoms with Crippen molar-refractivity contribution in [1.82, 2.24) is 5.32 Å².